The lowest BCUT2D eigenvalue weighted by Crippen LogP contribution is -2.12. The maximum atomic E-state index is 14.5. The number of carbonyl (C=O) groups excluding carboxylic acids is 3. The molecule has 0 saturated heterocycles. The number of hydrogen-bond acceptors (Lipinski definition) is 8. The van der Waals surface area contributed by atoms with Crippen molar-refractivity contribution in [3.05, 3.63) is 103 Å². The van der Waals surface area contributed by atoms with Gasteiger partial charge in [-0.05, 0) is 59.7 Å². The fourth-order valence-electron chi connectivity index (χ4n) is 3.07. The molecule has 202 valence electrons. The first kappa shape index (κ1) is 28.7. The van der Waals surface area contributed by atoms with Crippen LogP contribution < -0.4 is 14.2 Å². The third-order valence-corrected chi connectivity index (χ3v) is 5.11. The summed E-state index contributed by atoms with van der Waals surface area (Å²) in [5.41, 5.74) is 1.39. The van der Waals surface area contributed by atoms with Crippen molar-refractivity contribution in [2.75, 3.05) is 19.8 Å². The van der Waals surface area contributed by atoms with Gasteiger partial charge in [-0.1, -0.05) is 31.4 Å². The summed E-state index contributed by atoms with van der Waals surface area (Å²) in [7, 11) is 0. The molecule has 39 heavy (non-hydrogen) atoms. The lowest BCUT2D eigenvalue weighted by Gasteiger charge is -2.10. The van der Waals surface area contributed by atoms with Crippen LogP contribution >= 0.6 is 0 Å². The monoisotopic (exact) mass is 538 g/mol. The molecule has 10 heteroatoms. The summed E-state index contributed by atoms with van der Waals surface area (Å²) in [5.74, 6) is -4.14. The Hall–Kier alpha value is -4.83. The minimum atomic E-state index is -1.24. The SMILES string of the molecule is C=C(F)C(=O)Oc1ccc(OC(=O)c2ccc(-c3ccc(OCCCOC(=O)C(=C)CO)c(F)c3)cc2)cc1. The highest BCUT2D eigenvalue weighted by Crippen LogP contribution is 2.27. The van der Waals surface area contributed by atoms with Gasteiger partial charge < -0.3 is 24.1 Å². The Morgan fingerprint density at radius 2 is 1.41 bits per heavy atom. The average Bonchev–Trinajstić information content (AvgIpc) is 2.94. The second-order valence-corrected chi connectivity index (χ2v) is 7.98. The van der Waals surface area contributed by atoms with Crippen molar-refractivity contribution in [2.45, 2.75) is 6.42 Å². The maximum Gasteiger partial charge on any atom is 0.371 e. The van der Waals surface area contributed by atoms with E-state index in [1.54, 1.807) is 18.2 Å². The lowest BCUT2D eigenvalue weighted by molar-refractivity contribution is -0.139. The van der Waals surface area contributed by atoms with Crippen LogP contribution in [-0.4, -0.2) is 42.8 Å². The molecule has 3 rings (SSSR count). The van der Waals surface area contributed by atoms with E-state index >= 15 is 0 Å². The topological polar surface area (TPSA) is 108 Å². The fraction of sp³-hybridized carbons (Fsp3) is 0.138. The summed E-state index contributed by atoms with van der Waals surface area (Å²) >= 11 is 0. The number of carbonyl (C=O) groups is 3. The molecule has 0 unspecified atom stereocenters. The van der Waals surface area contributed by atoms with E-state index in [2.05, 4.69) is 13.2 Å². The van der Waals surface area contributed by atoms with E-state index in [0.29, 0.717) is 17.5 Å². The maximum absolute atomic E-state index is 14.5. The predicted molar refractivity (Wildman–Crippen MR) is 136 cm³/mol. The van der Waals surface area contributed by atoms with E-state index in [9.17, 15) is 23.2 Å². The van der Waals surface area contributed by atoms with Crippen LogP contribution in [0.25, 0.3) is 11.1 Å². The van der Waals surface area contributed by atoms with Crippen molar-refractivity contribution in [1.82, 2.24) is 0 Å². The Labute approximate surface area is 222 Å². The number of hydrogen-bond donors (Lipinski definition) is 1. The third kappa shape index (κ3) is 8.34. The van der Waals surface area contributed by atoms with Crippen LogP contribution in [0.5, 0.6) is 17.2 Å². The number of esters is 3. The van der Waals surface area contributed by atoms with Gasteiger partial charge in [0.15, 0.2) is 11.6 Å². The van der Waals surface area contributed by atoms with Gasteiger partial charge in [-0.2, -0.15) is 4.39 Å². The Morgan fingerprint density at radius 3 is 2.00 bits per heavy atom. The van der Waals surface area contributed by atoms with Gasteiger partial charge in [-0.15, -0.1) is 0 Å². The number of aliphatic hydroxyl groups is 1. The highest BCUT2D eigenvalue weighted by Gasteiger charge is 2.13. The zero-order valence-electron chi connectivity index (χ0n) is 20.7. The molecule has 1 N–H and O–H groups in total. The molecule has 0 aliphatic heterocycles. The van der Waals surface area contributed by atoms with Gasteiger partial charge in [0, 0.05) is 6.42 Å². The first-order valence-corrected chi connectivity index (χ1v) is 11.6. The predicted octanol–water partition coefficient (Wildman–Crippen LogP) is 4.96. The normalized spacial score (nSPS) is 10.3. The molecule has 8 nitrogen and oxygen atoms in total. The lowest BCUT2D eigenvalue weighted by atomic mass is 10.0. The third-order valence-electron chi connectivity index (χ3n) is 5.11. The molecule has 0 aliphatic carbocycles. The molecule has 0 heterocycles. The smallest absolute Gasteiger partial charge is 0.371 e. The van der Waals surface area contributed by atoms with E-state index in [4.69, 9.17) is 24.1 Å². The van der Waals surface area contributed by atoms with Crippen LogP contribution in [0, 0.1) is 5.82 Å². The molecule has 0 bridgehead atoms. The second kappa shape index (κ2) is 13.6. The number of halogens is 2. The Morgan fingerprint density at radius 1 is 0.795 bits per heavy atom. The molecule has 0 atom stereocenters. The Bertz CT molecular complexity index is 1370. The van der Waals surface area contributed by atoms with Gasteiger partial charge in [0.2, 0.25) is 5.83 Å². The summed E-state index contributed by atoms with van der Waals surface area (Å²) in [4.78, 5) is 35.1. The van der Waals surface area contributed by atoms with Gasteiger partial charge in [-0.25, -0.2) is 18.8 Å². The summed E-state index contributed by atoms with van der Waals surface area (Å²) in [6.07, 6.45) is 0.316. The van der Waals surface area contributed by atoms with Gasteiger partial charge in [-0.3, -0.25) is 0 Å². The molecule has 0 fully saturated rings. The molecule has 0 aliphatic rings. The fourth-order valence-corrected chi connectivity index (χ4v) is 3.07. The van der Waals surface area contributed by atoms with Crippen molar-refractivity contribution in [3.63, 3.8) is 0 Å². The first-order valence-electron chi connectivity index (χ1n) is 11.6. The Balaban J connectivity index is 1.52. The molecule has 0 aromatic heterocycles. The van der Waals surface area contributed by atoms with Crippen molar-refractivity contribution in [1.29, 1.82) is 0 Å². The van der Waals surface area contributed by atoms with Crippen LogP contribution in [0.3, 0.4) is 0 Å². The second-order valence-electron chi connectivity index (χ2n) is 7.98. The minimum Gasteiger partial charge on any atom is -0.490 e. The number of ether oxygens (including phenoxy) is 4. The molecule has 0 radical (unpaired) electrons. The summed E-state index contributed by atoms with van der Waals surface area (Å²) in [5, 5.41) is 8.82. The molecule has 0 amide bonds. The number of aliphatic hydroxyl groups excluding tert-OH is 1. The summed E-state index contributed by atoms with van der Waals surface area (Å²) in [6.45, 7) is 5.85. The molecule has 0 spiro atoms. The van der Waals surface area contributed by atoms with Gasteiger partial charge in [0.05, 0.1) is 31.0 Å². The Kier molecular flexibility index (Phi) is 10.0. The van der Waals surface area contributed by atoms with Crippen LogP contribution in [0.15, 0.2) is 91.3 Å². The van der Waals surface area contributed by atoms with Crippen LogP contribution in [0.4, 0.5) is 8.78 Å². The number of benzene rings is 3. The van der Waals surface area contributed by atoms with Crippen LogP contribution in [0.2, 0.25) is 0 Å². The van der Waals surface area contributed by atoms with E-state index in [1.807, 2.05) is 0 Å². The first-order chi connectivity index (χ1) is 18.7. The standard InChI is InChI=1S/C29H24F2O8/c1-18(17-32)27(33)37-15-3-14-36-26-13-8-22(16-25(26)31)20-4-6-21(7-5-20)29(35)39-24-11-9-23(10-12-24)38-28(34)19(2)30/h4-13,16,32H,1-3,14-15,17H2. The highest BCUT2D eigenvalue weighted by molar-refractivity contribution is 5.92. The zero-order valence-corrected chi connectivity index (χ0v) is 20.7. The van der Waals surface area contributed by atoms with Crippen molar-refractivity contribution >= 4 is 17.9 Å². The zero-order chi connectivity index (χ0) is 28.4. The molecular weight excluding hydrogens is 514 g/mol. The summed E-state index contributed by atoms with van der Waals surface area (Å²) < 4.78 is 47.6. The molecule has 3 aromatic rings. The highest BCUT2D eigenvalue weighted by atomic mass is 19.1. The largest absolute Gasteiger partial charge is 0.490 e. The van der Waals surface area contributed by atoms with Crippen LogP contribution in [0.1, 0.15) is 16.8 Å². The minimum absolute atomic E-state index is 0.0282. The van der Waals surface area contributed by atoms with Gasteiger partial charge >= 0.3 is 17.9 Å². The molecule has 0 saturated carbocycles. The quantitative estimate of drug-likeness (QED) is 0.149. The van der Waals surface area contributed by atoms with Crippen molar-refractivity contribution in [3.8, 4) is 28.4 Å². The van der Waals surface area contributed by atoms with Crippen molar-refractivity contribution < 1.29 is 47.2 Å². The van der Waals surface area contributed by atoms with E-state index in [1.165, 1.54) is 48.5 Å². The molecular formula is C29H24F2O8. The molecule has 3 aromatic carbocycles. The number of rotatable bonds is 12. The van der Waals surface area contributed by atoms with E-state index < -0.39 is 36.2 Å². The van der Waals surface area contributed by atoms with Gasteiger partial charge in [0.1, 0.15) is 11.5 Å². The van der Waals surface area contributed by atoms with Gasteiger partial charge in [0.25, 0.3) is 0 Å². The van der Waals surface area contributed by atoms with E-state index in [-0.39, 0.29) is 41.6 Å². The summed E-state index contributed by atoms with van der Waals surface area (Å²) in [6, 6.07) is 16.2. The van der Waals surface area contributed by atoms with Crippen molar-refractivity contribution in [2.24, 2.45) is 0 Å². The average molecular weight is 538 g/mol. The van der Waals surface area contributed by atoms with Crippen LogP contribution in [-0.2, 0) is 14.3 Å². The van der Waals surface area contributed by atoms with E-state index in [0.717, 1.165) is 0 Å².